The van der Waals surface area contributed by atoms with Crippen LogP contribution in [0.3, 0.4) is 0 Å². The van der Waals surface area contributed by atoms with Gasteiger partial charge in [-0.05, 0) is 25.1 Å². The van der Waals surface area contributed by atoms with Crippen LogP contribution in [0.1, 0.15) is 17.3 Å². The van der Waals surface area contributed by atoms with Crippen LogP contribution in [0.4, 0.5) is 13.2 Å². The van der Waals surface area contributed by atoms with Gasteiger partial charge in [-0.15, -0.1) is 0 Å². The highest BCUT2D eigenvalue weighted by atomic mass is 19.4. The average molecular weight is 278 g/mol. The van der Waals surface area contributed by atoms with Gasteiger partial charge in [0.15, 0.2) is 18.3 Å². The summed E-state index contributed by atoms with van der Waals surface area (Å²) in [5, 5.41) is 0. The summed E-state index contributed by atoms with van der Waals surface area (Å²) in [4.78, 5) is 10.6. The van der Waals surface area contributed by atoms with Crippen LogP contribution < -0.4 is 9.47 Å². The van der Waals surface area contributed by atoms with Crippen LogP contribution in [-0.4, -0.2) is 32.5 Å². The minimum atomic E-state index is -4.40. The molecule has 106 valence electrons. The predicted molar refractivity (Wildman–Crippen MR) is 60.5 cm³/mol. The monoisotopic (exact) mass is 278 g/mol. The van der Waals surface area contributed by atoms with Crippen molar-refractivity contribution in [2.45, 2.75) is 13.1 Å². The summed E-state index contributed by atoms with van der Waals surface area (Å²) in [7, 11) is 0. The van der Waals surface area contributed by atoms with Crippen molar-refractivity contribution < 1.29 is 32.2 Å². The van der Waals surface area contributed by atoms with E-state index >= 15 is 0 Å². The second-order valence-corrected chi connectivity index (χ2v) is 3.48. The highest BCUT2D eigenvalue weighted by Crippen LogP contribution is 2.28. The molecule has 0 bridgehead atoms. The molecule has 0 aliphatic rings. The van der Waals surface area contributed by atoms with Gasteiger partial charge in [0.2, 0.25) is 0 Å². The van der Waals surface area contributed by atoms with E-state index in [1.807, 2.05) is 0 Å². The summed E-state index contributed by atoms with van der Waals surface area (Å²) in [5.41, 5.74) is 0.381. The summed E-state index contributed by atoms with van der Waals surface area (Å²) in [6.45, 7) is 0.128. The third kappa shape index (κ3) is 5.60. The van der Waals surface area contributed by atoms with Crippen LogP contribution in [-0.2, 0) is 4.74 Å². The summed E-state index contributed by atoms with van der Waals surface area (Å²) < 4.78 is 50.1. The fourth-order valence-corrected chi connectivity index (χ4v) is 1.25. The van der Waals surface area contributed by atoms with Gasteiger partial charge in [0.25, 0.3) is 0 Å². The molecule has 19 heavy (non-hydrogen) atoms. The molecular formula is C12H13F3O4. The number of alkyl halides is 3. The summed E-state index contributed by atoms with van der Waals surface area (Å²) in [6, 6.07) is 4.34. The van der Waals surface area contributed by atoms with Crippen molar-refractivity contribution in [2.24, 2.45) is 0 Å². The van der Waals surface area contributed by atoms with E-state index in [1.165, 1.54) is 18.2 Å². The fourth-order valence-electron chi connectivity index (χ4n) is 1.25. The quantitative estimate of drug-likeness (QED) is 0.437. The van der Waals surface area contributed by atoms with Gasteiger partial charge in [0, 0.05) is 5.56 Å². The highest BCUT2D eigenvalue weighted by Gasteiger charge is 2.27. The van der Waals surface area contributed by atoms with Gasteiger partial charge in [0.1, 0.15) is 12.9 Å². The van der Waals surface area contributed by atoms with E-state index in [0.29, 0.717) is 18.5 Å². The van der Waals surface area contributed by atoms with Gasteiger partial charge in [-0.25, -0.2) is 0 Å². The van der Waals surface area contributed by atoms with Crippen LogP contribution in [0.15, 0.2) is 18.2 Å². The Labute approximate surface area is 108 Å². The Morgan fingerprint density at radius 1 is 1.21 bits per heavy atom. The normalized spacial score (nSPS) is 11.2. The Balaban J connectivity index is 2.59. The van der Waals surface area contributed by atoms with Crippen molar-refractivity contribution in [1.82, 2.24) is 0 Å². The average Bonchev–Trinajstić information content (AvgIpc) is 2.35. The van der Waals surface area contributed by atoms with E-state index in [9.17, 15) is 18.0 Å². The highest BCUT2D eigenvalue weighted by molar-refractivity contribution is 5.76. The lowest BCUT2D eigenvalue weighted by Gasteiger charge is -2.13. The standard InChI is InChI=1S/C12H13F3O4/c1-2-18-11-5-9(6-16)3-4-10(11)19-8-17-7-12(13,14)15/h3-6H,2,7-8H2,1H3. The second kappa shape index (κ2) is 6.98. The van der Waals surface area contributed by atoms with E-state index in [2.05, 4.69) is 4.74 Å². The molecule has 0 heterocycles. The van der Waals surface area contributed by atoms with Crippen molar-refractivity contribution in [3.05, 3.63) is 23.8 Å². The molecule has 7 heteroatoms. The van der Waals surface area contributed by atoms with E-state index in [0.717, 1.165) is 0 Å². The molecule has 0 atom stereocenters. The number of carbonyl (C=O) groups is 1. The maximum Gasteiger partial charge on any atom is 0.411 e. The predicted octanol–water partition coefficient (Wildman–Crippen LogP) is 2.81. The third-order valence-electron chi connectivity index (χ3n) is 1.97. The van der Waals surface area contributed by atoms with Crippen molar-refractivity contribution >= 4 is 6.29 Å². The van der Waals surface area contributed by atoms with Gasteiger partial charge in [-0.3, -0.25) is 4.79 Å². The number of carbonyl (C=O) groups excluding carboxylic acids is 1. The zero-order chi connectivity index (χ0) is 14.3. The zero-order valence-corrected chi connectivity index (χ0v) is 10.2. The van der Waals surface area contributed by atoms with Crippen molar-refractivity contribution in [2.75, 3.05) is 20.0 Å². The lowest BCUT2D eigenvalue weighted by atomic mass is 10.2. The summed E-state index contributed by atoms with van der Waals surface area (Å²) in [6.07, 6.45) is -3.76. The molecule has 1 aromatic rings. The molecule has 0 aliphatic heterocycles. The molecule has 0 fully saturated rings. The van der Waals surface area contributed by atoms with Crippen LogP contribution >= 0.6 is 0 Å². The van der Waals surface area contributed by atoms with Crippen molar-refractivity contribution in [3.63, 3.8) is 0 Å². The largest absolute Gasteiger partial charge is 0.490 e. The van der Waals surface area contributed by atoms with E-state index in [-0.39, 0.29) is 11.5 Å². The summed E-state index contributed by atoms with van der Waals surface area (Å²) in [5.74, 6) is 0.498. The number of rotatable bonds is 7. The molecule has 0 aliphatic carbocycles. The van der Waals surface area contributed by atoms with E-state index < -0.39 is 19.6 Å². The first kappa shape index (κ1) is 15.3. The van der Waals surface area contributed by atoms with Crippen molar-refractivity contribution in [3.8, 4) is 11.5 Å². The second-order valence-electron chi connectivity index (χ2n) is 3.48. The lowest BCUT2D eigenvalue weighted by molar-refractivity contribution is -0.186. The third-order valence-corrected chi connectivity index (χ3v) is 1.97. The van der Waals surface area contributed by atoms with Crippen LogP contribution in [0.2, 0.25) is 0 Å². The number of ether oxygens (including phenoxy) is 3. The fraction of sp³-hybridized carbons (Fsp3) is 0.417. The van der Waals surface area contributed by atoms with E-state index in [1.54, 1.807) is 6.92 Å². The first-order valence-electron chi connectivity index (χ1n) is 5.45. The number of aldehydes is 1. The van der Waals surface area contributed by atoms with Crippen LogP contribution in [0, 0.1) is 0 Å². The topological polar surface area (TPSA) is 44.8 Å². The van der Waals surface area contributed by atoms with Gasteiger partial charge >= 0.3 is 6.18 Å². The molecule has 0 spiro atoms. The molecule has 0 amide bonds. The lowest BCUT2D eigenvalue weighted by Crippen LogP contribution is -2.19. The number of hydrogen-bond donors (Lipinski definition) is 0. The molecular weight excluding hydrogens is 265 g/mol. The van der Waals surface area contributed by atoms with Crippen molar-refractivity contribution in [1.29, 1.82) is 0 Å². The molecule has 0 saturated carbocycles. The maximum absolute atomic E-state index is 11.8. The van der Waals surface area contributed by atoms with Crippen LogP contribution in [0.5, 0.6) is 11.5 Å². The Bertz CT molecular complexity index is 418. The first-order valence-corrected chi connectivity index (χ1v) is 5.45. The number of halogens is 3. The minimum absolute atomic E-state index is 0.217. The van der Waals surface area contributed by atoms with Crippen LogP contribution in [0.25, 0.3) is 0 Å². The smallest absolute Gasteiger partial charge is 0.411 e. The Morgan fingerprint density at radius 2 is 1.95 bits per heavy atom. The molecule has 0 N–H and O–H groups in total. The molecule has 1 rings (SSSR count). The molecule has 0 saturated heterocycles. The Kier molecular flexibility index (Phi) is 5.62. The summed E-state index contributed by atoms with van der Waals surface area (Å²) >= 11 is 0. The zero-order valence-electron chi connectivity index (χ0n) is 10.2. The van der Waals surface area contributed by atoms with Gasteiger partial charge in [0.05, 0.1) is 6.61 Å². The minimum Gasteiger partial charge on any atom is -0.490 e. The van der Waals surface area contributed by atoms with Gasteiger partial charge in [-0.2, -0.15) is 13.2 Å². The van der Waals surface area contributed by atoms with Gasteiger partial charge in [-0.1, -0.05) is 0 Å². The maximum atomic E-state index is 11.8. The molecule has 0 radical (unpaired) electrons. The SMILES string of the molecule is CCOc1cc(C=O)ccc1OCOCC(F)(F)F. The Hall–Kier alpha value is -1.76. The first-order chi connectivity index (χ1) is 8.96. The number of hydrogen-bond acceptors (Lipinski definition) is 4. The Morgan fingerprint density at radius 3 is 2.53 bits per heavy atom. The number of benzene rings is 1. The molecule has 4 nitrogen and oxygen atoms in total. The molecule has 0 unspecified atom stereocenters. The van der Waals surface area contributed by atoms with Gasteiger partial charge < -0.3 is 14.2 Å². The molecule has 0 aromatic heterocycles. The molecule has 1 aromatic carbocycles. The van der Waals surface area contributed by atoms with E-state index in [4.69, 9.17) is 9.47 Å².